The van der Waals surface area contributed by atoms with Crippen molar-refractivity contribution in [1.29, 1.82) is 0 Å². The van der Waals surface area contributed by atoms with Gasteiger partial charge in [-0.2, -0.15) is 5.10 Å². The normalized spacial score (nSPS) is 11.0. The molecule has 0 aliphatic rings. The number of carbonyl (C=O) groups is 1. The molecule has 0 fully saturated rings. The largest absolute Gasteiger partial charge is 0.493 e. The highest BCUT2D eigenvalue weighted by molar-refractivity contribution is 6.42. The fourth-order valence-corrected chi connectivity index (χ4v) is 3.68. The molecule has 5 nitrogen and oxygen atoms in total. The van der Waals surface area contributed by atoms with Crippen molar-refractivity contribution in [3.8, 4) is 11.5 Å². The van der Waals surface area contributed by atoms with Crippen LogP contribution in [0.1, 0.15) is 21.5 Å². The van der Waals surface area contributed by atoms with Crippen LogP contribution in [0.4, 0.5) is 0 Å². The number of methoxy groups -OCH3 is 1. The summed E-state index contributed by atoms with van der Waals surface area (Å²) >= 11 is 11.9. The van der Waals surface area contributed by atoms with Crippen LogP contribution < -0.4 is 14.9 Å². The average Bonchev–Trinajstić information content (AvgIpc) is 2.84. The molecule has 0 atom stereocenters. The van der Waals surface area contributed by atoms with Crippen molar-refractivity contribution in [2.75, 3.05) is 7.11 Å². The first-order chi connectivity index (χ1) is 16.1. The molecule has 7 heteroatoms. The maximum absolute atomic E-state index is 12.4. The van der Waals surface area contributed by atoms with Gasteiger partial charge < -0.3 is 9.47 Å². The molecule has 4 aromatic rings. The standard InChI is InChI=1S/C26H20Cl2N2O3/c1-32-24-11-5-8-19(15-29-30-26(31)18-12-13-22(27)23(28)14-18)25(24)33-16-20-9-4-7-17-6-2-3-10-21(17)20/h2-15H,16H2,1H3,(H,30,31)/b29-15-. The number of carbonyl (C=O) groups excluding carboxylic acids is 1. The first-order valence-corrected chi connectivity index (χ1v) is 10.9. The maximum Gasteiger partial charge on any atom is 0.271 e. The highest BCUT2D eigenvalue weighted by Gasteiger charge is 2.12. The Morgan fingerprint density at radius 3 is 2.58 bits per heavy atom. The summed E-state index contributed by atoms with van der Waals surface area (Å²) in [5, 5.41) is 7.02. The zero-order valence-electron chi connectivity index (χ0n) is 17.7. The van der Waals surface area contributed by atoms with Gasteiger partial charge in [0.05, 0.1) is 23.4 Å². The van der Waals surface area contributed by atoms with Crippen molar-refractivity contribution >= 4 is 46.1 Å². The quantitative estimate of drug-likeness (QED) is 0.243. The van der Waals surface area contributed by atoms with Crippen LogP contribution in [-0.2, 0) is 6.61 Å². The van der Waals surface area contributed by atoms with E-state index in [2.05, 4.69) is 28.7 Å². The molecule has 4 aromatic carbocycles. The van der Waals surface area contributed by atoms with Crippen LogP contribution in [0.15, 0.2) is 84.0 Å². The van der Waals surface area contributed by atoms with E-state index in [4.69, 9.17) is 32.7 Å². The summed E-state index contributed by atoms with van der Waals surface area (Å²) in [5.41, 5.74) is 4.54. The summed E-state index contributed by atoms with van der Waals surface area (Å²) in [7, 11) is 1.58. The van der Waals surface area contributed by atoms with Gasteiger partial charge in [-0.3, -0.25) is 4.79 Å². The maximum atomic E-state index is 12.4. The number of ether oxygens (including phenoxy) is 2. The molecule has 0 heterocycles. The number of amides is 1. The van der Waals surface area contributed by atoms with Gasteiger partial charge in [-0.05, 0) is 46.7 Å². The minimum Gasteiger partial charge on any atom is -0.493 e. The van der Waals surface area contributed by atoms with E-state index in [1.807, 2.05) is 42.5 Å². The molecule has 166 valence electrons. The molecule has 33 heavy (non-hydrogen) atoms. The number of nitrogens with one attached hydrogen (secondary N) is 1. The molecule has 0 saturated heterocycles. The Labute approximate surface area is 201 Å². The van der Waals surface area contributed by atoms with E-state index in [-0.39, 0.29) is 0 Å². The Morgan fingerprint density at radius 1 is 0.970 bits per heavy atom. The molecule has 0 aliphatic carbocycles. The lowest BCUT2D eigenvalue weighted by molar-refractivity contribution is 0.0955. The SMILES string of the molecule is COc1cccc(/C=N\NC(=O)c2ccc(Cl)c(Cl)c2)c1OCc1cccc2ccccc12. The first kappa shape index (κ1) is 22.6. The minimum atomic E-state index is -0.411. The Morgan fingerprint density at radius 2 is 1.76 bits per heavy atom. The number of hydrogen-bond donors (Lipinski definition) is 1. The summed E-state index contributed by atoms with van der Waals surface area (Å²) in [6, 6.07) is 24.3. The zero-order chi connectivity index (χ0) is 23.2. The summed E-state index contributed by atoms with van der Waals surface area (Å²) in [4.78, 5) is 12.4. The van der Waals surface area contributed by atoms with Gasteiger partial charge >= 0.3 is 0 Å². The Hall–Kier alpha value is -3.54. The number of para-hydroxylation sites is 1. The van der Waals surface area contributed by atoms with E-state index in [1.165, 1.54) is 12.3 Å². The van der Waals surface area contributed by atoms with Crippen LogP contribution in [0.25, 0.3) is 10.8 Å². The first-order valence-electron chi connectivity index (χ1n) is 10.1. The van der Waals surface area contributed by atoms with E-state index in [9.17, 15) is 4.79 Å². The molecule has 0 aliphatic heterocycles. The molecule has 4 rings (SSSR count). The van der Waals surface area contributed by atoms with Crippen LogP contribution in [0, 0.1) is 0 Å². The summed E-state index contributed by atoms with van der Waals surface area (Å²) in [5.74, 6) is 0.682. The second-order valence-electron chi connectivity index (χ2n) is 7.13. The van der Waals surface area contributed by atoms with E-state index in [0.717, 1.165) is 16.3 Å². The molecule has 1 amide bonds. The number of rotatable bonds is 7. The number of benzene rings is 4. The molecule has 0 radical (unpaired) electrons. The molecule has 0 aromatic heterocycles. The van der Waals surface area contributed by atoms with E-state index in [1.54, 1.807) is 19.2 Å². The molecular formula is C26H20Cl2N2O3. The second-order valence-corrected chi connectivity index (χ2v) is 7.95. The van der Waals surface area contributed by atoms with Crippen molar-refractivity contribution in [2.45, 2.75) is 6.61 Å². The lowest BCUT2D eigenvalue weighted by Crippen LogP contribution is -2.17. The number of hydrogen-bond acceptors (Lipinski definition) is 4. The van der Waals surface area contributed by atoms with Gasteiger partial charge in [0, 0.05) is 11.1 Å². The van der Waals surface area contributed by atoms with Crippen molar-refractivity contribution in [3.05, 3.63) is 106 Å². The zero-order valence-corrected chi connectivity index (χ0v) is 19.2. The Kier molecular flexibility index (Phi) is 7.13. The predicted molar refractivity (Wildman–Crippen MR) is 133 cm³/mol. The highest BCUT2D eigenvalue weighted by atomic mass is 35.5. The summed E-state index contributed by atoms with van der Waals surface area (Å²) < 4.78 is 11.6. The molecule has 1 N–H and O–H groups in total. The monoisotopic (exact) mass is 478 g/mol. The third-order valence-corrected chi connectivity index (χ3v) is 5.77. The molecular weight excluding hydrogens is 459 g/mol. The van der Waals surface area contributed by atoms with Crippen molar-refractivity contribution < 1.29 is 14.3 Å². The topological polar surface area (TPSA) is 59.9 Å². The van der Waals surface area contributed by atoms with Gasteiger partial charge in [0.1, 0.15) is 6.61 Å². The number of fused-ring (bicyclic) bond motifs is 1. The number of halogens is 2. The van der Waals surface area contributed by atoms with E-state index >= 15 is 0 Å². The molecule has 0 spiro atoms. The second kappa shape index (κ2) is 10.4. The van der Waals surface area contributed by atoms with Crippen LogP contribution in [0.5, 0.6) is 11.5 Å². The molecule has 0 saturated carbocycles. The smallest absolute Gasteiger partial charge is 0.271 e. The lowest BCUT2D eigenvalue weighted by atomic mass is 10.1. The van der Waals surface area contributed by atoms with E-state index < -0.39 is 5.91 Å². The predicted octanol–water partition coefficient (Wildman–Crippen LogP) is 6.50. The fraction of sp³-hybridized carbons (Fsp3) is 0.0769. The van der Waals surface area contributed by atoms with Crippen molar-refractivity contribution in [1.82, 2.24) is 5.43 Å². The Bertz CT molecular complexity index is 1330. The summed E-state index contributed by atoms with van der Waals surface area (Å²) in [6.07, 6.45) is 1.51. The van der Waals surface area contributed by atoms with Crippen molar-refractivity contribution in [3.63, 3.8) is 0 Å². The van der Waals surface area contributed by atoms with Gasteiger partial charge in [0.2, 0.25) is 0 Å². The van der Waals surface area contributed by atoms with Gasteiger partial charge in [-0.15, -0.1) is 0 Å². The average molecular weight is 479 g/mol. The third-order valence-electron chi connectivity index (χ3n) is 5.03. The van der Waals surface area contributed by atoms with Crippen LogP contribution in [-0.4, -0.2) is 19.2 Å². The van der Waals surface area contributed by atoms with Gasteiger partial charge in [-0.25, -0.2) is 5.43 Å². The Balaban J connectivity index is 1.53. The number of nitrogens with zero attached hydrogens (tertiary/aromatic N) is 1. The number of hydrazone groups is 1. The van der Waals surface area contributed by atoms with Crippen LogP contribution in [0.2, 0.25) is 10.0 Å². The van der Waals surface area contributed by atoms with E-state index in [0.29, 0.717) is 39.3 Å². The summed E-state index contributed by atoms with van der Waals surface area (Å²) in [6.45, 7) is 0.345. The molecule has 0 unspecified atom stereocenters. The fourth-order valence-electron chi connectivity index (χ4n) is 3.38. The van der Waals surface area contributed by atoms with Crippen LogP contribution in [0.3, 0.4) is 0 Å². The highest BCUT2D eigenvalue weighted by Crippen LogP contribution is 2.31. The molecule has 0 bridgehead atoms. The van der Waals surface area contributed by atoms with Gasteiger partial charge in [0.15, 0.2) is 11.5 Å². The lowest BCUT2D eigenvalue weighted by Gasteiger charge is -2.14. The van der Waals surface area contributed by atoms with Crippen molar-refractivity contribution in [2.24, 2.45) is 5.10 Å². The van der Waals surface area contributed by atoms with Gasteiger partial charge in [-0.1, -0.05) is 71.7 Å². The van der Waals surface area contributed by atoms with Crippen LogP contribution >= 0.6 is 23.2 Å². The minimum absolute atomic E-state index is 0.296. The third kappa shape index (κ3) is 5.28. The van der Waals surface area contributed by atoms with Gasteiger partial charge in [0.25, 0.3) is 5.91 Å².